The number of halogens is 1. The fourth-order valence-corrected chi connectivity index (χ4v) is 2.39. The number of hydrogen-bond acceptors (Lipinski definition) is 4. The summed E-state index contributed by atoms with van der Waals surface area (Å²) in [5, 5.41) is 4.14. The van der Waals surface area contributed by atoms with E-state index in [4.69, 9.17) is 0 Å². The van der Waals surface area contributed by atoms with Crippen LogP contribution in [0, 0.1) is 0 Å². The summed E-state index contributed by atoms with van der Waals surface area (Å²) in [5.74, 6) is 0.832. The predicted molar refractivity (Wildman–Crippen MR) is 79.1 cm³/mol. The normalized spacial score (nSPS) is 10.3. The Morgan fingerprint density at radius 1 is 1.22 bits per heavy atom. The predicted octanol–water partition coefficient (Wildman–Crippen LogP) is 4.21. The van der Waals surface area contributed by atoms with Crippen molar-refractivity contribution in [1.29, 1.82) is 0 Å². The summed E-state index contributed by atoms with van der Waals surface area (Å²) in [5.41, 5.74) is 0. The van der Waals surface area contributed by atoms with E-state index >= 15 is 0 Å². The Kier molecular flexibility index (Phi) is 5.01. The van der Waals surface area contributed by atoms with E-state index in [0.29, 0.717) is 0 Å². The molecule has 0 unspecified atom stereocenters. The van der Waals surface area contributed by atoms with Gasteiger partial charge in [-0.15, -0.1) is 0 Å². The molecule has 2 aromatic rings. The number of nitrogens with zero attached hydrogens (tertiary/aromatic N) is 2. The van der Waals surface area contributed by atoms with Crippen LogP contribution in [-0.4, -0.2) is 16.5 Å². The first-order chi connectivity index (χ1) is 8.78. The van der Waals surface area contributed by atoms with Gasteiger partial charge >= 0.3 is 0 Å². The second-order valence-electron chi connectivity index (χ2n) is 3.73. The average molecular weight is 324 g/mol. The maximum atomic E-state index is 4.51. The van der Waals surface area contributed by atoms with E-state index in [1.807, 2.05) is 12.1 Å². The van der Waals surface area contributed by atoms with Crippen molar-refractivity contribution < 1.29 is 0 Å². The molecule has 3 nitrogen and oxygen atoms in total. The van der Waals surface area contributed by atoms with Gasteiger partial charge in [-0.3, -0.25) is 4.98 Å². The van der Waals surface area contributed by atoms with Crippen molar-refractivity contribution in [3.05, 3.63) is 41.1 Å². The van der Waals surface area contributed by atoms with E-state index in [1.54, 1.807) is 24.2 Å². The molecular weight excluding hydrogens is 310 g/mol. The van der Waals surface area contributed by atoms with Crippen LogP contribution in [-0.2, 0) is 0 Å². The van der Waals surface area contributed by atoms with Gasteiger partial charge in [-0.25, -0.2) is 4.98 Å². The van der Waals surface area contributed by atoms with E-state index in [0.717, 1.165) is 33.2 Å². The maximum absolute atomic E-state index is 4.51. The first-order valence-corrected chi connectivity index (χ1v) is 7.38. The Bertz CT molecular complexity index is 502. The molecule has 0 aliphatic rings. The zero-order valence-corrected chi connectivity index (χ0v) is 12.5. The molecule has 0 aliphatic heterocycles. The molecule has 0 fully saturated rings. The van der Waals surface area contributed by atoms with Gasteiger partial charge in [0.2, 0.25) is 0 Å². The van der Waals surface area contributed by atoms with E-state index in [9.17, 15) is 0 Å². The number of benzene rings is 1. The minimum Gasteiger partial charge on any atom is -0.369 e. The van der Waals surface area contributed by atoms with E-state index in [-0.39, 0.29) is 0 Å². The molecule has 2 rings (SSSR count). The SMILES string of the molecule is CCCNc1cncc(Sc2ccc(Br)cc2)n1. The number of anilines is 1. The van der Waals surface area contributed by atoms with Crippen LogP contribution in [0.3, 0.4) is 0 Å². The first-order valence-electron chi connectivity index (χ1n) is 5.77. The van der Waals surface area contributed by atoms with Crippen molar-refractivity contribution in [2.75, 3.05) is 11.9 Å². The topological polar surface area (TPSA) is 37.8 Å². The van der Waals surface area contributed by atoms with Crippen molar-refractivity contribution in [3.8, 4) is 0 Å². The van der Waals surface area contributed by atoms with Crippen LogP contribution in [0.2, 0.25) is 0 Å². The van der Waals surface area contributed by atoms with Gasteiger partial charge < -0.3 is 5.32 Å². The van der Waals surface area contributed by atoms with Gasteiger partial charge in [0.1, 0.15) is 10.8 Å². The molecule has 0 spiro atoms. The summed E-state index contributed by atoms with van der Waals surface area (Å²) in [6.45, 7) is 3.04. The summed E-state index contributed by atoms with van der Waals surface area (Å²) >= 11 is 5.03. The molecule has 0 atom stereocenters. The number of aromatic nitrogens is 2. The van der Waals surface area contributed by atoms with Gasteiger partial charge in [0.05, 0.1) is 12.4 Å². The zero-order chi connectivity index (χ0) is 12.8. The number of hydrogen-bond donors (Lipinski definition) is 1. The Balaban J connectivity index is 2.06. The van der Waals surface area contributed by atoms with Gasteiger partial charge in [-0.2, -0.15) is 0 Å². The largest absolute Gasteiger partial charge is 0.369 e. The fourth-order valence-electron chi connectivity index (χ4n) is 1.36. The van der Waals surface area contributed by atoms with Gasteiger partial charge in [-0.05, 0) is 30.7 Å². The second-order valence-corrected chi connectivity index (χ2v) is 5.73. The molecule has 0 bridgehead atoms. The van der Waals surface area contributed by atoms with E-state index in [2.05, 4.69) is 50.3 Å². The molecule has 0 radical (unpaired) electrons. The van der Waals surface area contributed by atoms with Crippen LogP contribution in [0.5, 0.6) is 0 Å². The third kappa shape index (κ3) is 3.99. The van der Waals surface area contributed by atoms with Crippen LogP contribution in [0.15, 0.2) is 51.1 Å². The molecule has 1 heterocycles. The molecule has 1 aromatic heterocycles. The first kappa shape index (κ1) is 13.4. The van der Waals surface area contributed by atoms with Gasteiger partial charge in [0, 0.05) is 15.9 Å². The van der Waals surface area contributed by atoms with Crippen LogP contribution >= 0.6 is 27.7 Å². The second kappa shape index (κ2) is 6.75. The minimum absolute atomic E-state index is 0.832. The molecular formula is C13H14BrN3S. The molecule has 0 amide bonds. The summed E-state index contributed by atoms with van der Waals surface area (Å²) in [6, 6.07) is 8.16. The Hall–Kier alpha value is -1.07. The quantitative estimate of drug-likeness (QED) is 0.894. The molecule has 0 aliphatic carbocycles. The molecule has 0 saturated heterocycles. The number of nitrogens with one attached hydrogen (secondary N) is 1. The minimum atomic E-state index is 0.832. The standard InChI is InChI=1S/C13H14BrN3S/c1-2-7-16-12-8-15-9-13(17-12)18-11-5-3-10(14)4-6-11/h3-6,8-9H,2,7H2,1H3,(H,16,17). The van der Waals surface area contributed by atoms with Gasteiger partial charge in [0.25, 0.3) is 0 Å². The van der Waals surface area contributed by atoms with Crippen LogP contribution in [0.25, 0.3) is 0 Å². The monoisotopic (exact) mass is 323 g/mol. The smallest absolute Gasteiger partial charge is 0.145 e. The van der Waals surface area contributed by atoms with Crippen molar-refractivity contribution in [3.63, 3.8) is 0 Å². The highest BCUT2D eigenvalue weighted by Gasteiger charge is 2.01. The third-order valence-electron chi connectivity index (χ3n) is 2.20. The Morgan fingerprint density at radius 2 is 2.00 bits per heavy atom. The lowest BCUT2D eigenvalue weighted by Gasteiger charge is -2.05. The van der Waals surface area contributed by atoms with E-state index in [1.165, 1.54) is 0 Å². The summed E-state index contributed by atoms with van der Waals surface area (Å²) in [7, 11) is 0. The lowest BCUT2D eigenvalue weighted by atomic mass is 10.4. The van der Waals surface area contributed by atoms with Crippen LogP contribution in [0.4, 0.5) is 5.82 Å². The van der Waals surface area contributed by atoms with Gasteiger partial charge in [0.15, 0.2) is 0 Å². The van der Waals surface area contributed by atoms with E-state index < -0.39 is 0 Å². The molecule has 18 heavy (non-hydrogen) atoms. The van der Waals surface area contributed by atoms with Gasteiger partial charge in [-0.1, -0.05) is 34.6 Å². The molecule has 5 heteroatoms. The van der Waals surface area contributed by atoms with Crippen LogP contribution < -0.4 is 5.32 Å². The molecule has 94 valence electrons. The summed E-state index contributed by atoms with van der Waals surface area (Å²) in [4.78, 5) is 9.85. The summed E-state index contributed by atoms with van der Waals surface area (Å²) < 4.78 is 1.08. The highest BCUT2D eigenvalue weighted by molar-refractivity contribution is 9.10. The zero-order valence-electron chi connectivity index (χ0n) is 10.1. The fraction of sp³-hybridized carbons (Fsp3) is 0.231. The van der Waals surface area contributed by atoms with Crippen molar-refractivity contribution >= 4 is 33.5 Å². The van der Waals surface area contributed by atoms with Crippen molar-refractivity contribution in [1.82, 2.24) is 9.97 Å². The molecule has 0 saturated carbocycles. The average Bonchev–Trinajstić information content (AvgIpc) is 2.40. The Labute approximate surface area is 120 Å². The summed E-state index contributed by atoms with van der Waals surface area (Å²) in [6.07, 6.45) is 4.61. The molecule has 1 aromatic carbocycles. The highest BCUT2D eigenvalue weighted by Crippen LogP contribution is 2.27. The van der Waals surface area contributed by atoms with Crippen molar-refractivity contribution in [2.45, 2.75) is 23.3 Å². The number of rotatable bonds is 5. The lowest BCUT2D eigenvalue weighted by Crippen LogP contribution is -2.02. The van der Waals surface area contributed by atoms with Crippen molar-refractivity contribution in [2.24, 2.45) is 0 Å². The lowest BCUT2D eigenvalue weighted by molar-refractivity contribution is 0.948. The molecule has 1 N–H and O–H groups in total. The highest BCUT2D eigenvalue weighted by atomic mass is 79.9. The maximum Gasteiger partial charge on any atom is 0.145 e. The van der Waals surface area contributed by atoms with Crippen LogP contribution in [0.1, 0.15) is 13.3 Å². The third-order valence-corrected chi connectivity index (χ3v) is 3.65. The Morgan fingerprint density at radius 3 is 2.72 bits per heavy atom.